The molecule has 0 unspecified atom stereocenters. The van der Waals surface area contributed by atoms with Crippen LogP contribution in [0.3, 0.4) is 0 Å². The molecule has 0 aromatic heterocycles. The van der Waals surface area contributed by atoms with Gasteiger partial charge in [-0.1, -0.05) is 31.2 Å². The number of ether oxygens (including phenoxy) is 1. The lowest BCUT2D eigenvalue weighted by molar-refractivity contribution is -0.128. The van der Waals surface area contributed by atoms with Gasteiger partial charge < -0.3 is 10.1 Å². The number of benzene rings is 2. The predicted molar refractivity (Wildman–Crippen MR) is 110 cm³/mol. The lowest BCUT2D eigenvalue weighted by Gasteiger charge is -2.23. The molecular weight excluding hydrogens is 334 g/mol. The summed E-state index contributed by atoms with van der Waals surface area (Å²) in [6.07, 6.45) is 5.03. The summed E-state index contributed by atoms with van der Waals surface area (Å²) in [5.74, 6) is 0.706. The van der Waals surface area contributed by atoms with Gasteiger partial charge in [0.05, 0.1) is 6.04 Å². The molecule has 0 saturated carbocycles. The van der Waals surface area contributed by atoms with Gasteiger partial charge in [0.2, 0.25) is 0 Å². The van der Waals surface area contributed by atoms with Crippen molar-refractivity contribution in [3.63, 3.8) is 0 Å². The van der Waals surface area contributed by atoms with Crippen LogP contribution < -0.4 is 10.1 Å². The summed E-state index contributed by atoms with van der Waals surface area (Å²) < 4.78 is 6.00. The fraction of sp³-hybridized carbons (Fsp3) is 0.458. The molecule has 3 heteroatoms. The van der Waals surface area contributed by atoms with Gasteiger partial charge in [0.1, 0.15) is 5.75 Å². The zero-order valence-corrected chi connectivity index (χ0v) is 17.0. The normalized spacial score (nSPS) is 15.6. The van der Waals surface area contributed by atoms with E-state index in [-0.39, 0.29) is 11.9 Å². The highest BCUT2D eigenvalue weighted by atomic mass is 16.5. The fourth-order valence-corrected chi connectivity index (χ4v) is 3.90. The summed E-state index contributed by atoms with van der Waals surface area (Å²) in [5, 5.41) is 3.14. The van der Waals surface area contributed by atoms with E-state index in [4.69, 9.17) is 4.74 Å². The van der Waals surface area contributed by atoms with E-state index in [0.29, 0.717) is 6.42 Å². The first-order valence-corrected chi connectivity index (χ1v) is 10.1. The SMILES string of the molecule is CC[C@@H](Oc1cc(C)cc(C)c1)C(=O)N[C@H](C)c1ccc2c(c1)CCCC2. The number of aryl methyl sites for hydroxylation is 4. The number of hydrogen-bond donors (Lipinski definition) is 1. The van der Waals surface area contributed by atoms with Crippen molar-refractivity contribution in [1.82, 2.24) is 5.32 Å². The Morgan fingerprint density at radius 3 is 2.37 bits per heavy atom. The summed E-state index contributed by atoms with van der Waals surface area (Å²) in [4.78, 5) is 12.8. The molecule has 3 rings (SSSR count). The minimum atomic E-state index is -0.480. The summed E-state index contributed by atoms with van der Waals surface area (Å²) in [5.41, 5.74) is 6.36. The first-order valence-electron chi connectivity index (χ1n) is 10.1. The van der Waals surface area contributed by atoms with Crippen molar-refractivity contribution in [2.24, 2.45) is 0 Å². The predicted octanol–water partition coefficient (Wildman–Crippen LogP) is 5.22. The summed E-state index contributed by atoms with van der Waals surface area (Å²) >= 11 is 0. The van der Waals surface area contributed by atoms with E-state index in [0.717, 1.165) is 23.3 Å². The van der Waals surface area contributed by atoms with E-state index in [2.05, 4.69) is 29.6 Å². The number of carbonyl (C=O) groups excluding carboxylic acids is 1. The molecule has 1 aliphatic carbocycles. The number of rotatable bonds is 6. The van der Waals surface area contributed by atoms with Gasteiger partial charge in [-0.25, -0.2) is 0 Å². The summed E-state index contributed by atoms with van der Waals surface area (Å²) in [6.45, 7) is 8.11. The first kappa shape index (κ1) is 19.5. The van der Waals surface area contributed by atoms with E-state index in [1.54, 1.807) is 0 Å². The van der Waals surface area contributed by atoms with Crippen molar-refractivity contribution in [1.29, 1.82) is 0 Å². The Balaban J connectivity index is 1.67. The molecule has 3 nitrogen and oxygen atoms in total. The number of fused-ring (bicyclic) bond motifs is 1. The smallest absolute Gasteiger partial charge is 0.261 e. The minimum absolute atomic E-state index is 0.0263. The van der Waals surface area contributed by atoms with Crippen molar-refractivity contribution in [3.8, 4) is 5.75 Å². The zero-order valence-electron chi connectivity index (χ0n) is 17.0. The largest absolute Gasteiger partial charge is 0.481 e. The molecule has 144 valence electrons. The number of carbonyl (C=O) groups is 1. The summed E-state index contributed by atoms with van der Waals surface area (Å²) in [7, 11) is 0. The molecule has 1 N–H and O–H groups in total. The molecule has 0 radical (unpaired) electrons. The van der Waals surface area contributed by atoms with Crippen LogP contribution in [0.25, 0.3) is 0 Å². The second kappa shape index (κ2) is 8.60. The standard InChI is InChI=1S/C24H31NO2/c1-5-23(27-22-13-16(2)12-17(3)14-22)24(26)25-18(4)20-11-10-19-8-6-7-9-21(19)15-20/h10-15,18,23H,5-9H2,1-4H3,(H,25,26)/t18-,23-/m1/s1. The molecular formula is C24H31NO2. The van der Waals surface area contributed by atoms with Gasteiger partial charge in [0.25, 0.3) is 5.91 Å². The molecule has 1 aliphatic rings. The maximum Gasteiger partial charge on any atom is 0.261 e. The lowest BCUT2D eigenvalue weighted by Crippen LogP contribution is -2.39. The van der Waals surface area contributed by atoms with E-state index in [1.165, 1.54) is 36.0 Å². The van der Waals surface area contributed by atoms with Crippen LogP contribution in [0.5, 0.6) is 5.75 Å². The third kappa shape index (κ3) is 4.91. The zero-order chi connectivity index (χ0) is 19.4. The van der Waals surface area contributed by atoms with E-state index in [9.17, 15) is 4.79 Å². The van der Waals surface area contributed by atoms with E-state index in [1.807, 2.05) is 39.8 Å². The maximum atomic E-state index is 12.8. The van der Waals surface area contributed by atoms with Crippen molar-refractivity contribution in [3.05, 3.63) is 64.2 Å². The van der Waals surface area contributed by atoms with Gasteiger partial charge in [-0.2, -0.15) is 0 Å². The van der Waals surface area contributed by atoms with Gasteiger partial charge >= 0.3 is 0 Å². The van der Waals surface area contributed by atoms with Gasteiger partial charge in [-0.15, -0.1) is 0 Å². The second-order valence-corrected chi connectivity index (χ2v) is 7.80. The van der Waals surface area contributed by atoms with Crippen LogP contribution in [0.15, 0.2) is 36.4 Å². The Kier molecular flexibility index (Phi) is 6.20. The van der Waals surface area contributed by atoms with Gasteiger partial charge in [-0.3, -0.25) is 4.79 Å². The van der Waals surface area contributed by atoms with Crippen LogP contribution in [0, 0.1) is 13.8 Å². The molecule has 2 atom stereocenters. The fourth-order valence-electron chi connectivity index (χ4n) is 3.90. The Bertz CT molecular complexity index is 792. The third-order valence-corrected chi connectivity index (χ3v) is 5.37. The molecule has 0 aliphatic heterocycles. The third-order valence-electron chi connectivity index (χ3n) is 5.37. The average molecular weight is 366 g/mol. The second-order valence-electron chi connectivity index (χ2n) is 7.80. The molecule has 0 spiro atoms. The van der Waals surface area contributed by atoms with Crippen molar-refractivity contribution in [2.45, 2.75) is 71.9 Å². The van der Waals surface area contributed by atoms with Crippen molar-refractivity contribution >= 4 is 5.91 Å². The van der Waals surface area contributed by atoms with E-state index < -0.39 is 6.10 Å². The van der Waals surface area contributed by atoms with Crippen LogP contribution >= 0.6 is 0 Å². The van der Waals surface area contributed by atoms with Gasteiger partial charge in [0, 0.05) is 0 Å². The van der Waals surface area contributed by atoms with Crippen LogP contribution in [0.4, 0.5) is 0 Å². The molecule has 0 saturated heterocycles. The highest BCUT2D eigenvalue weighted by molar-refractivity contribution is 5.81. The minimum Gasteiger partial charge on any atom is -0.481 e. The summed E-state index contributed by atoms with van der Waals surface area (Å²) in [6, 6.07) is 12.7. The number of hydrogen-bond acceptors (Lipinski definition) is 2. The molecule has 0 fully saturated rings. The van der Waals surface area contributed by atoms with E-state index >= 15 is 0 Å². The molecule has 2 aromatic carbocycles. The van der Waals surface area contributed by atoms with Crippen molar-refractivity contribution in [2.75, 3.05) is 0 Å². The number of nitrogens with one attached hydrogen (secondary N) is 1. The topological polar surface area (TPSA) is 38.3 Å². The van der Waals surface area contributed by atoms with Crippen LogP contribution in [0.2, 0.25) is 0 Å². The quantitative estimate of drug-likeness (QED) is 0.762. The van der Waals surface area contributed by atoms with Gasteiger partial charge in [-0.05, 0) is 92.8 Å². The van der Waals surface area contributed by atoms with Gasteiger partial charge in [0.15, 0.2) is 6.10 Å². The first-order chi connectivity index (χ1) is 13.0. The monoisotopic (exact) mass is 365 g/mol. The maximum absolute atomic E-state index is 12.8. The number of amides is 1. The molecule has 1 amide bonds. The highest BCUT2D eigenvalue weighted by Gasteiger charge is 2.21. The molecule has 27 heavy (non-hydrogen) atoms. The molecule has 0 bridgehead atoms. The average Bonchev–Trinajstić information content (AvgIpc) is 2.64. The Morgan fingerprint density at radius 1 is 1.04 bits per heavy atom. The van der Waals surface area contributed by atoms with Crippen molar-refractivity contribution < 1.29 is 9.53 Å². The lowest BCUT2D eigenvalue weighted by atomic mass is 9.89. The molecule has 2 aromatic rings. The Morgan fingerprint density at radius 2 is 1.70 bits per heavy atom. The van der Waals surface area contributed by atoms with Crippen LogP contribution in [0.1, 0.15) is 67.0 Å². The highest BCUT2D eigenvalue weighted by Crippen LogP contribution is 2.25. The van der Waals surface area contributed by atoms with Crippen LogP contribution in [-0.4, -0.2) is 12.0 Å². The van der Waals surface area contributed by atoms with Crippen LogP contribution in [-0.2, 0) is 17.6 Å². The Hall–Kier alpha value is -2.29. The molecule has 0 heterocycles. The Labute approximate surface area is 163 Å².